The maximum atomic E-state index is 12.7. The summed E-state index contributed by atoms with van der Waals surface area (Å²) in [6.45, 7) is 11.2. The monoisotopic (exact) mass is 358 g/mol. The van der Waals surface area contributed by atoms with Crippen molar-refractivity contribution in [1.29, 1.82) is 0 Å². The molecule has 26 heavy (non-hydrogen) atoms. The Hall–Kier alpha value is -1.39. The lowest BCUT2D eigenvalue weighted by atomic mass is 9.83. The van der Waals surface area contributed by atoms with E-state index in [2.05, 4.69) is 40.1 Å². The molecule has 4 heteroatoms. The first-order valence-electron chi connectivity index (χ1n) is 10.2. The number of carbonyl (C=O) groups is 1. The van der Waals surface area contributed by atoms with Crippen molar-refractivity contribution < 1.29 is 9.53 Å². The molecule has 1 aromatic carbocycles. The van der Waals surface area contributed by atoms with Gasteiger partial charge in [0.05, 0.1) is 5.92 Å². The summed E-state index contributed by atoms with van der Waals surface area (Å²) < 4.78 is 5.72. The van der Waals surface area contributed by atoms with Gasteiger partial charge in [-0.3, -0.25) is 14.6 Å². The van der Waals surface area contributed by atoms with Gasteiger partial charge in [-0.2, -0.15) is 0 Å². The van der Waals surface area contributed by atoms with Gasteiger partial charge in [-0.15, -0.1) is 0 Å². The normalized spacial score (nSPS) is 25.8. The Labute approximate surface area is 158 Å². The molecular weight excluding hydrogens is 324 g/mol. The maximum absolute atomic E-state index is 12.7. The molecule has 0 spiro atoms. The van der Waals surface area contributed by atoms with Crippen molar-refractivity contribution in [1.82, 2.24) is 9.80 Å². The molecule has 0 amide bonds. The summed E-state index contributed by atoms with van der Waals surface area (Å²) in [6, 6.07) is 11.1. The minimum Gasteiger partial charge on any atom is -0.460 e. The summed E-state index contributed by atoms with van der Waals surface area (Å²) in [6.07, 6.45) is 4.48. The van der Waals surface area contributed by atoms with Gasteiger partial charge < -0.3 is 4.74 Å². The van der Waals surface area contributed by atoms with Crippen LogP contribution in [0.25, 0.3) is 0 Å². The Morgan fingerprint density at radius 1 is 1.04 bits per heavy atom. The highest BCUT2D eigenvalue weighted by molar-refractivity contribution is 5.74. The quantitative estimate of drug-likeness (QED) is 0.768. The van der Waals surface area contributed by atoms with Crippen molar-refractivity contribution in [3.8, 4) is 0 Å². The molecule has 0 aromatic heterocycles. The van der Waals surface area contributed by atoms with Crippen molar-refractivity contribution in [3.05, 3.63) is 35.9 Å². The van der Waals surface area contributed by atoms with Crippen LogP contribution in [0.2, 0.25) is 0 Å². The highest BCUT2D eigenvalue weighted by atomic mass is 16.6. The zero-order chi connectivity index (χ0) is 18.6. The first kappa shape index (κ1) is 19.4. The number of rotatable bonds is 4. The summed E-state index contributed by atoms with van der Waals surface area (Å²) in [5, 5.41) is 0. The topological polar surface area (TPSA) is 32.8 Å². The summed E-state index contributed by atoms with van der Waals surface area (Å²) in [4.78, 5) is 17.8. The van der Waals surface area contributed by atoms with Crippen LogP contribution in [0.5, 0.6) is 0 Å². The Morgan fingerprint density at radius 2 is 1.69 bits per heavy atom. The van der Waals surface area contributed by atoms with Crippen LogP contribution in [-0.4, -0.2) is 53.6 Å². The molecule has 1 heterocycles. The van der Waals surface area contributed by atoms with Gasteiger partial charge in [-0.05, 0) is 39.2 Å². The first-order chi connectivity index (χ1) is 12.4. The fourth-order valence-corrected chi connectivity index (χ4v) is 4.30. The Kier molecular flexibility index (Phi) is 6.36. The van der Waals surface area contributed by atoms with E-state index >= 15 is 0 Å². The number of piperazine rings is 1. The van der Waals surface area contributed by atoms with E-state index in [9.17, 15) is 4.79 Å². The number of esters is 1. The maximum Gasteiger partial charge on any atom is 0.311 e. The Balaban J connectivity index is 1.55. The fraction of sp³-hybridized carbons (Fsp3) is 0.682. The van der Waals surface area contributed by atoms with E-state index in [1.54, 1.807) is 0 Å². The average Bonchev–Trinajstić information content (AvgIpc) is 2.62. The van der Waals surface area contributed by atoms with Crippen LogP contribution >= 0.6 is 0 Å². The van der Waals surface area contributed by atoms with Crippen molar-refractivity contribution >= 4 is 5.97 Å². The van der Waals surface area contributed by atoms with Gasteiger partial charge in [0.25, 0.3) is 0 Å². The van der Waals surface area contributed by atoms with Gasteiger partial charge in [0.15, 0.2) is 0 Å². The van der Waals surface area contributed by atoms with E-state index in [-0.39, 0.29) is 11.9 Å². The molecule has 2 atom stereocenters. The van der Waals surface area contributed by atoms with Crippen molar-refractivity contribution in [2.24, 2.45) is 5.92 Å². The highest BCUT2D eigenvalue weighted by Gasteiger charge is 2.38. The highest BCUT2D eigenvalue weighted by Crippen LogP contribution is 2.31. The molecule has 1 aliphatic carbocycles. The molecule has 1 aromatic rings. The first-order valence-corrected chi connectivity index (χ1v) is 10.2. The number of hydrogen-bond donors (Lipinski definition) is 0. The molecule has 1 aliphatic heterocycles. The molecule has 1 saturated carbocycles. The summed E-state index contributed by atoms with van der Waals surface area (Å²) in [5.41, 5.74) is 0.984. The second-order valence-corrected chi connectivity index (χ2v) is 8.79. The average molecular weight is 359 g/mol. The molecule has 0 bridgehead atoms. The predicted octanol–water partition coefficient (Wildman–Crippen LogP) is 3.70. The lowest BCUT2D eigenvalue weighted by Crippen LogP contribution is -2.54. The van der Waals surface area contributed by atoms with E-state index in [1.807, 2.05) is 20.8 Å². The molecular formula is C22H34N2O2. The summed E-state index contributed by atoms with van der Waals surface area (Å²) in [7, 11) is 0. The SMILES string of the molecule is CC(C)(C)OC(=O)[C@@H]1CCCC[C@H]1N1CCN(Cc2ccccc2)CC1. The molecule has 1 saturated heterocycles. The molecule has 2 aliphatic rings. The van der Waals surface area contributed by atoms with Gasteiger partial charge in [0.2, 0.25) is 0 Å². The van der Waals surface area contributed by atoms with E-state index in [1.165, 1.54) is 12.0 Å². The van der Waals surface area contributed by atoms with E-state index in [0.29, 0.717) is 6.04 Å². The second-order valence-electron chi connectivity index (χ2n) is 8.79. The van der Waals surface area contributed by atoms with Gasteiger partial charge >= 0.3 is 5.97 Å². The molecule has 4 nitrogen and oxygen atoms in total. The lowest BCUT2D eigenvalue weighted by molar-refractivity contribution is -0.164. The van der Waals surface area contributed by atoms with Gasteiger partial charge in [0, 0.05) is 38.8 Å². The van der Waals surface area contributed by atoms with Crippen LogP contribution < -0.4 is 0 Å². The minimum absolute atomic E-state index is 0.00825. The third-order valence-corrected chi connectivity index (χ3v) is 5.56. The number of carbonyl (C=O) groups excluding carboxylic acids is 1. The Morgan fingerprint density at radius 3 is 2.35 bits per heavy atom. The molecule has 0 radical (unpaired) electrons. The van der Waals surface area contributed by atoms with Crippen molar-refractivity contribution in [3.63, 3.8) is 0 Å². The molecule has 3 rings (SSSR count). The zero-order valence-corrected chi connectivity index (χ0v) is 16.6. The minimum atomic E-state index is -0.395. The molecule has 0 unspecified atom stereocenters. The Bertz CT molecular complexity index is 574. The largest absolute Gasteiger partial charge is 0.460 e. The van der Waals surface area contributed by atoms with E-state index < -0.39 is 5.60 Å². The van der Waals surface area contributed by atoms with Crippen LogP contribution in [0.4, 0.5) is 0 Å². The van der Waals surface area contributed by atoms with E-state index in [0.717, 1.165) is 52.0 Å². The lowest BCUT2D eigenvalue weighted by Gasteiger charge is -2.43. The van der Waals surface area contributed by atoms with Crippen LogP contribution in [0, 0.1) is 5.92 Å². The van der Waals surface area contributed by atoms with Crippen LogP contribution in [0.15, 0.2) is 30.3 Å². The fourth-order valence-electron chi connectivity index (χ4n) is 4.30. The van der Waals surface area contributed by atoms with E-state index in [4.69, 9.17) is 4.74 Å². The standard InChI is InChI=1S/C22H34N2O2/c1-22(2,3)26-21(25)19-11-7-8-12-20(19)24-15-13-23(14-16-24)17-18-9-5-4-6-10-18/h4-6,9-10,19-20H,7-8,11-17H2,1-3H3/t19-,20-/m1/s1. The third-order valence-electron chi connectivity index (χ3n) is 5.56. The van der Waals surface area contributed by atoms with Gasteiger partial charge in [-0.1, -0.05) is 43.2 Å². The van der Waals surface area contributed by atoms with Crippen LogP contribution in [0.1, 0.15) is 52.0 Å². The smallest absolute Gasteiger partial charge is 0.311 e. The number of hydrogen-bond acceptors (Lipinski definition) is 4. The summed E-state index contributed by atoms with van der Waals surface area (Å²) >= 11 is 0. The number of nitrogens with zero attached hydrogens (tertiary/aromatic N) is 2. The molecule has 144 valence electrons. The third kappa shape index (κ3) is 5.31. The molecule has 0 N–H and O–H groups in total. The van der Waals surface area contributed by atoms with Gasteiger partial charge in [0.1, 0.15) is 5.60 Å². The summed E-state index contributed by atoms with van der Waals surface area (Å²) in [5.74, 6) is 0.0533. The van der Waals surface area contributed by atoms with Crippen LogP contribution in [0.3, 0.4) is 0 Å². The zero-order valence-electron chi connectivity index (χ0n) is 16.6. The van der Waals surface area contributed by atoms with Crippen molar-refractivity contribution in [2.45, 2.75) is 64.6 Å². The van der Waals surface area contributed by atoms with Gasteiger partial charge in [-0.25, -0.2) is 0 Å². The predicted molar refractivity (Wildman–Crippen MR) is 105 cm³/mol. The second kappa shape index (κ2) is 8.53. The number of ether oxygens (including phenoxy) is 1. The number of benzene rings is 1. The van der Waals surface area contributed by atoms with Crippen molar-refractivity contribution in [2.75, 3.05) is 26.2 Å². The van der Waals surface area contributed by atoms with Crippen LogP contribution in [-0.2, 0) is 16.1 Å². The molecule has 2 fully saturated rings.